The number of benzene rings is 1. The number of nitrogens with zero attached hydrogens (tertiary/aromatic N) is 2. The second-order valence-electron chi connectivity index (χ2n) is 5.37. The Hall–Kier alpha value is -2.85. The highest BCUT2D eigenvalue weighted by molar-refractivity contribution is 7.98. The van der Waals surface area contributed by atoms with Gasteiger partial charge in [0.2, 0.25) is 0 Å². The van der Waals surface area contributed by atoms with Gasteiger partial charge in [-0.25, -0.2) is 14.8 Å². The van der Waals surface area contributed by atoms with Crippen molar-refractivity contribution in [3.63, 3.8) is 0 Å². The van der Waals surface area contributed by atoms with Crippen molar-refractivity contribution < 1.29 is 14.3 Å². The molecule has 0 aliphatic carbocycles. The van der Waals surface area contributed by atoms with Crippen molar-refractivity contribution in [2.75, 3.05) is 23.9 Å². The molecule has 0 spiro atoms. The molecule has 2 aromatic heterocycles. The number of nitrogens with one attached hydrogen (secondary N) is 1. The van der Waals surface area contributed by atoms with Gasteiger partial charge >= 0.3 is 6.09 Å². The minimum absolute atomic E-state index is 0.250. The molecule has 0 saturated heterocycles. The maximum absolute atomic E-state index is 11.7. The first-order chi connectivity index (χ1) is 12.9. The van der Waals surface area contributed by atoms with Gasteiger partial charge in [0, 0.05) is 11.3 Å². The van der Waals surface area contributed by atoms with E-state index in [1.807, 2.05) is 12.3 Å². The third kappa shape index (κ3) is 3.81. The first-order valence-electron chi connectivity index (χ1n) is 7.92. The summed E-state index contributed by atoms with van der Waals surface area (Å²) in [5.74, 6) is -0.607. The fourth-order valence-corrected chi connectivity index (χ4v) is 3.88. The number of primary amides is 1. The summed E-state index contributed by atoms with van der Waals surface area (Å²) in [7, 11) is 0. The van der Waals surface area contributed by atoms with Crippen LogP contribution in [0.25, 0.3) is 21.5 Å². The number of anilines is 2. The minimum Gasteiger partial charge on any atom is -0.450 e. The van der Waals surface area contributed by atoms with E-state index in [-0.39, 0.29) is 17.2 Å². The van der Waals surface area contributed by atoms with Crippen LogP contribution in [0.2, 0.25) is 0 Å². The number of aromatic nitrogens is 2. The summed E-state index contributed by atoms with van der Waals surface area (Å²) in [6.07, 6.45) is 1.31. The molecule has 1 aromatic carbocycles. The van der Waals surface area contributed by atoms with Crippen molar-refractivity contribution in [2.45, 2.75) is 12.1 Å². The van der Waals surface area contributed by atoms with E-state index in [0.29, 0.717) is 32.3 Å². The number of carbonyl (C=O) groups excluding carboxylic acids is 2. The van der Waals surface area contributed by atoms with Gasteiger partial charge in [0.15, 0.2) is 5.16 Å². The zero-order chi connectivity index (χ0) is 19.6. The predicted molar refractivity (Wildman–Crippen MR) is 108 cm³/mol. The van der Waals surface area contributed by atoms with Gasteiger partial charge in [0.05, 0.1) is 23.4 Å². The smallest absolute Gasteiger partial charge is 0.411 e. The summed E-state index contributed by atoms with van der Waals surface area (Å²) in [6.45, 7) is 2.00. The molecule has 140 valence electrons. The summed E-state index contributed by atoms with van der Waals surface area (Å²) in [5.41, 5.74) is 13.7. The molecule has 0 unspecified atom stereocenters. The zero-order valence-electron chi connectivity index (χ0n) is 14.6. The molecule has 5 N–H and O–H groups in total. The highest BCUT2D eigenvalue weighted by atomic mass is 32.2. The number of ether oxygens (including phenoxy) is 1. The largest absolute Gasteiger partial charge is 0.450 e. The number of nitrogen functional groups attached to an aromatic ring is 1. The third-order valence-corrected chi connectivity index (χ3v) is 5.29. The molecule has 0 bridgehead atoms. The van der Waals surface area contributed by atoms with Crippen LogP contribution in [0.4, 0.5) is 16.2 Å². The Morgan fingerprint density at radius 1 is 1.33 bits per heavy atom. The van der Waals surface area contributed by atoms with Crippen LogP contribution < -0.4 is 16.8 Å². The number of hydrogen-bond donors (Lipinski definition) is 3. The quantitative estimate of drug-likeness (QED) is 0.439. The van der Waals surface area contributed by atoms with E-state index in [1.165, 1.54) is 11.8 Å². The van der Waals surface area contributed by atoms with E-state index in [9.17, 15) is 9.59 Å². The number of thiophene rings is 1. The topological polar surface area (TPSA) is 133 Å². The standard InChI is InChI=1S/C17H17N5O3S2/c1-3-25-17(24)20-9-6-4-5-8(7-9)12-10-11(18)13(14(19)23)27-15(10)22-16(21-12)26-2/h4-7H,3,18H2,1-2H3,(H2,19,23)(H,20,24). The number of hydrogen-bond acceptors (Lipinski definition) is 8. The Bertz CT molecular complexity index is 1030. The molecule has 0 aliphatic heterocycles. The Balaban J connectivity index is 2.15. The van der Waals surface area contributed by atoms with Crippen molar-refractivity contribution in [1.82, 2.24) is 9.97 Å². The van der Waals surface area contributed by atoms with Crippen molar-refractivity contribution in [3.05, 3.63) is 29.1 Å². The van der Waals surface area contributed by atoms with Crippen molar-refractivity contribution in [2.24, 2.45) is 5.73 Å². The molecule has 0 saturated carbocycles. The molecule has 0 aliphatic rings. The molecule has 0 atom stereocenters. The average molecular weight is 403 g/mol. The van der Waals surface area contributed by atoms with Gasteiger partial charge in [-0.2, -0.15) is 0 Å². The Morgan fingerprint density at radius 3 is 2.78 bits per heavy atom. The molecule has 8 nitrogen and oxygen atoms in total. The first-order valence-corrected chi connectivity index (χ1v) is 9.96. The van der Waals surface area contributed by atoms with Crippen LogP contribution in [0.5, 0.6) is 0 Å². The van der Waals surface area contributed by atoms with Crippen LogP contribution in [-0.2, 0) is 4.74 Å². The molecule has 0 radical (unpaired) electrons. The lowest BCUT2D eigenvalue weighted by Gasteiger charge is -2.09. The van der Waals surface area contributed by atoms with Gasteiger partial charge in [-0.05, 0) is 25.3 Å². The number of rotatable bonds is 5. The SMILES string of the molecule is CCOC(=O)Nc1cccc(-c2nc(SC)nc3sc(C(N)=O)c(N)c23)c1. The van der Waals surface area contributed by atoms with Crippen LogP contribution in [0.1, 0.15) is 16.6 Å². The van der Waals surface area contributed by atoms with E-state index >= 15 is 0 Å². The second-order valence-corrected chi connectivity index (χ2v) is 7.15. The van der Waals surface area contributed by atoms with Gasteiger partial charge < -0.3 is 16.2 Å². The summed E-state index contributed by atoms with van der Waals surface area (Å²) >= 11 is 2.51. The van der Waals surface area contributed by atoms with E-state index < -0.39 is 12.0 Å². The summed E-state index contributed by atoms with van der Waals surface area (Å²) < 4.78 is 4.90. The highest BCUT2D eigenvalue weighted by Gasteiger charge is 2.21. The molecule has 27 heavy (non-hydrogen) atoms. The van der Waals surface area contributed by atoms with E-state index in [2.05, 4.69) is 15.3 Å². The first kappa shape index (κ1) is 18.9. The normalized spacial score (nSPS) is 10.7. The maximum atomic E-state index is 11.7. The van der Waals surface area contributed by atoms with Gasteiger partial charge in [0.25, 0.3) is 5.91 Å². The lowest BCUT2D eigenvalue weighted by Crippen LogP contribution is -2.13. The Kier molecular flexibility index (Phi) is 5.47. The predicted octanol–water partition coefficient (Wildman–Crippen LogP) is 3.33. The number of amides is 2. The number of nitrogens with two attached hydrogens (primary N) is 2. The van der Waals surface area contributed by atoms with Crippen LogP contribution in [0.3, 0.4) is 0 Å². The van der Waals surface area contributed by atoms with Crippen LogP contribution >= 0.6 is 23.1 Å². The molecule has 10 heteroatoms. The second kappa shape index (κ2) is 7.80. The van der Waals surface area contributed by atoms with Crippen molar-refractivity contribution in [1.29, 1.82) is 0 Å². The number of carbonyl (C=O) groups is 2. The molecular formula is C17H17N5O3S2. The monoisotopic (exact) mass is 403 g/mol. The van der Waals surface area contributed by atoms with Gasteiger partial charge in [-0.1, -0.05) is 23.9 Å². The lowest BCUT2D eigenvalue weighted by atomic mass is 10.1. The summed E-state index contributed by atoms with van der Waals surface area (Å²) in [5, 5.41) is 3.76. The summed E-state index contributed by atoms with van der Waals surface area (Å²) in [6, 6.07) is 7.11. The molecule has 3 rings (SSSR count). The molecule has 2 heterocycles. The molecule has 3 aromatic rings. The number of thioether (sulfide) groups is 1. The zero-order valence-corrected chi connectivity index (χ0v) is 16.2. The van der Waals surface area contributed by atoms with Crippen LogP contribution in [0, 0.1) is 0 Å². The summed E-state index contributed by atoms with van der Waals surface area (Å²) in [4.78, 5) is 33.2. The van der Waals surface area contributed by atoms with Crippen molar-refractivity contribution >= 4 is 56.7 Å². The van der Waals surface area contributed by atoms with Crippen LogP contribution in [0.15, 0.2) is 29.4 Å². The Morgan fingerprint density at radius 2 is 2.11 bits per heavy atom. The fourth-order valence-electron chi connectivity index (χ4n) is 2.51. The third-order valence-electron chi connectivity index (χ3n) is 3.63. The maximum Gasteiger partial charge on any atom is 0.411 e. The fraction of sp³-hybridized carbons (Fsp3) is 0.176. The van der Waals surface area contributed by atoms with Crippen LogP contribution in [-0.4, -0.2) is 34.8 Å². The van der Waals surface area contributed by atoms with Crippen molar-refractivity contribution in [3.8, 4) is 11.3 Å². The van der Waals surface area contributed by atoms with Gasteiger partial charge in [-0.15, -0.1) is 11.3 Å². The van der Waals surface area contributed by atoms with E-state index in [0.717, 1.165) is 11.3 Å². The van der Waals surface area contributed by atoms with E-state index in [4.69, 9.17) is 16.2 Å². The highest BCUT2D eigenvalue weighted by Crippen LogP contribution is 2.39. The van der Waals surface area contributed by atoms with E-state index in [1.54, 1.807) is 25.1 Å². The lowest BCUT2D eigenvalue weighted by molar-refractivity contribution is 0.100. The molecule has 2 amide bonds. The Labute approximate surface area is 163 Å². The molecular weight excluding hydrogens is 386 g/mol. The average Bonchev–Trinajstić information content (AvgIpc) is 2.98. The van der Waals surface area contributed by atoms with Gasteiger partial charge in [-0.3, -0.25) is 10.1 Å². The number of fused-ring (bicyclic) bond motifs is 1. The molecule has 0 fully saturated rings. The van der Waals surface area contributed by atoms with Gasteiger partial charge in [0.1, 0.15) is 9.71 Å². The minimum atomic E-state index is -0.607.